The molecule has 1 atom stereocenters. The highest BCUT2D eigenvalue weighted by atomic mass is 35.5. The third kappa shape index (κ3) is 4.08. The van der Waals surface area contributed by atoms with Crippen LogP contribution in [-0.2, 0) is 0 Å². The molecule has 19 heavy (non-hydrogen) atoms. The van der Waals surface area contributed by atoms with Gasteiger partial charge in [-0.05, 0) is 31.4 Å². The zero-order chi connectivity index (χ0) is 13.8. The van der Waals surface area contributed by atoms with Crippen molar-refractivity contribution in [2.75, 3.05) is 5.32 Å². The first-order valence-corrected chi connectivity index (χ1v) is 8.07. The quantitative estimate of drug-likeness (QED) is 0.753. The highest BCUT2D eigenvalue weighted by Crippen LogP contribution is 2.32. The van der Waals surface area contributed by atoms with E-state index < -0.39 is 0 Å². The highest BCUT2D eigenvalue weighted by Gasteiger charge is 2.09. The molecule has 0 radical (unpaired) electrons. The van der Waals surface area contributed by atoms with Gasteiger partial charge in [-0.2, -0.15) is 0 Å². The Kier molecular flexibility index (Phi) is 5.06. The van der Waals surface area contributed by atoms with Crippen LogP contribution in [-0.4, -0.2) is 11.0 Å². The van der Waals surface area contributed by atoms with E-state index in [0.29, 0.717) is 6.04 Å². The molecule has 2 aromatic rings. The van der Waals surface area contributed by atoms with Crippen molar-refractivity contribution in [3.05, 3.63) is 23.2 Å². The van der Waals surface area contributed by atoms with Crippen LogP contribution in [0.2, 0.25) is 5.02 Å². The number of rotatable bonds is 6. The third-order valence-electron chi connectivity index (χ3n) is 3.16. The molecule has 0 saturated carbocycles. The Bertz CT molecular complexity index is 536. The van der Waals surface area contributed by atoms with Gasteiger partial charge in [-0.25, -0.2) is 4.98 Å². The van der Waals surface area contributed by atoms with Crippen LogP contribution in [0, 0.1) is 5.92 Å². The Labute approximate surface area is 124 Å². The van der Waals surface area contributed by atoms with Gasteiger partial charge in [0.2, 0.25) is 0 Å². The van der Waals surface area contributed by atoms with E-state index in [1.165, 1.54) is 19.3 Å². The van der Waals surface area contributed by atoms with Crippen LogP contribution in [0.5, 0.6) is 0 Å². The smallest absolute Gasteiger partial charge is 0.184 e. The van der Waals surface area contributed by atoms with E-state index >= 15 is 0 Å². The lowest BCUT2D eigenvalue weighted by molar-refractivity contribution is 0.520. The monoisotopic (exact) mass is 296 g/mol. The molecule has 0 fully saturated rings. The summed E-state index contributed by atoms with van der Waals surface area (Å²) in [6.07, 6.45) is 3.73. The summed E-state index contributed by atoms with van der Waals surface area (Å²) < 4.78 is 1.07. The second kappa shape index (κ2) is 6.58. The Morgan fingerprint density at radius 1 is 1.26 bits per heavy atom. The predicted octanol–water partition coefficient (Wildman–Crippen LogP) is 5.58. The van der Waals surface area contributed by atoms with E-state index in [4.69, 9.17) is 11.6 Å². The number of nitrogens with zero attached hydrogens (tertiary/aromatic N) is 1. The van der Waals surface area contributed by atoms with Gasteiger partial charge in [-0.3, -0.25) is 0 Å². The predicted molar refractivity (Wildman–Crippen MR) is 86.4 cm³/mol. The van der Waals surface area contributed by atoms with Gasteiger partial charge in [-0.15, -0.1) is 0 Å². The number of hydrogen-bond acceptors (Lipinski definition) is 3. The Morgan fingerprint density at radius 3 is 2.74 bits per heavy atom. The van der Waals surface area contributed by atoms with E-state index in [1.54, 1.807) is 11.3 Å². The van der Waals surface area contributed by atoms with Gasteiger partial charge in [0.25, 0.3) is 0 Å². The molecule has 2 nitrogen and oxygen atoms in total. The summed E-state index contributed by atoms with van der Waals surface area (Å²) >= 11 is 7.81. The van der Waals surface area contributed by atoms with Crippen molar-refractivity contribution in [2.45, 2.75) is 46.1 Å². The Hall–Kier alpha value is -0.800. The molecule has 1 unspecified atom stereocenters. The fourth-order valence-electron chi connectivity index (χ4n) is 2.09. The lowest BCUT2D eigenvalue weighted by atomic mass is 10.0. The lowest BCUT2D eigenvalue weighted by Crippen LogP contribution is -2.14. The van der Waals surface area contributed by atoms with E-state index in [9.17, 15) is 0 Å². The lowest BCUT2D eigenvalue weighted by Gasteiger charge is -2.13. The largest absolute Gasteiger partial charge is 0.359 e. The minimum atomic E-state index is 0.457. The first kappa shape index (κ1) is 14.6. The number of aromatic nitrogens is 1. The molecular weight excluding hydrogens is 276 g/mol. The third-order valence-corrected chi connectivity index (χ3v) is 4.62. The standard InChI is InChI=1S/C15H21ClN2S/c1-10(2)6-4-7-11(3)17-15-18-13-9-5-8-12(16)14(13)19-15/h5,8-11H,4,6-7H2,1-3H3,(H,17,18). The SMILES string of the molecule is CC(C)CCCC(C)Nc1nc2cccc(Cl)c2s1. The second-order valence-electron chi connectivity index (χ2n) is 5.48. The molecule has 0 spiro atoms. The van der Waals surface area contributed by atoms with Crippen molar-refractivity contribution in [1.29, 1.82) is 0 Å². The minimum Gasteiger partial charge on any atom is -0.359 e. The van der Waals surface area contributed by atoms with Gasteiger partial charge in [0.1, 0.15) is 0 Å². The van der Waals surface area contributed by atoms with Crippen LogP contribution < -0.4 is 5.32 Å². The number of thiazole rings is 1. The van der Waals surface area contributed by atoms with Crippen LogP contribution in [0.1, 0.15) is 40.0 Å². The topological polar surface area (TPSA) is 24.9 Å². The molecule has 0 aliphatic heterocycles. The van der Waals surface area contributed by atoms with E-state index in [2.05, 4.69) is 31.1 Å². The fraction of sp³-hybridized carbons (Fsp3) is 0.533. The van der Waals surface area contributed by atoms with Crippen molar-refractivity contribution < 1.29 is 0 Å². The maximum absolute atomic E-state index is 6.17. The zero-order valence-electron chi connectivity index (χ0n) is 11.7. The zero-order valence-corrected chi connectivity index (χ0v) is 13.3. The minimum absolute atomic E-state index is 0.457. The molecule has 0 saturated heterocycles. The first-order chi connectivity index (χ1) is 9.06. The van der Waals surface area contributed by atoms with Crippen LogP contribution in [0.4, 0.5) is 5.13 Å². The average molecular weight is 297 g/mol. The summed E-state index contributed by atoms with van der Waals surface area (Å²) in [5.74, 6) is 0.786. The molecule has 1 heterocycles. The van der Waals surface area contributed by atoms with Crippen LogP contribution >= 0.6 is 22.9 Å². The van der Waals surface area contributed by atoms with Crippen molar-refractivity contribution in [2.24, 2.45) is 5.92 Å². The Balaban J connectivity index is 1.95. The number of anilines is 1. The number of halogens is 1. The summed E-state index contributed by atoms with van der Waals surface area (Å²) in [6, 6.07) is 6.32. The molecule has 0 bridgehead atoms. The van der Waals surface area contributed by atoms with Gasteiger partial charge < -0.3 is 5.32 Å². The maximum atomic E-state index is 6.17. The number of fused-ring (bicyclic) bond motifs is 1. The van der Waals surface area contributed by atoms with Crippen LogP contribution in [0.15, 0.2) is 18.2 Å². The highest BCUT2D eigenvalue weighted by molar-refractivity contribution is 7.22. The molecule has 0 amide bonds. The van der Waals surface area contributed by atoms with E-state index in [0.717, 1.165) is 26.3 Å². The van der Waals surface area contributed by atoms with Gasteiger partial charge in [-0.1, -0.05) is 55.7 Å². The molecule has 1 N–H and O–H groups in total. The molecule has 1 aromatic heterocycles. The van der Waals surface area contributed by atoms with Crippen LogP contribution in [0.25, 0.3) is 10.2 Å². The molecule has 4 heteroatoms. The van der Waals surface area contributed by atoms with Crippen molar-refractivity contribution in [3.63, 3.8) is 0 Å². The number of hydrogen-bond donors (Lipinski definition) is 1. The summed E-state index contributed by atoms with van der Waals surface area (Å²) in [7, 11) is 0. The number of nitrogens with one attached hydrogen (secondary N) is 1. The Morgan fingerprint density at radius 2 is 2.05 bits per heavy atom. The van der Waals surface area contributed by atoms with Crippen LogP contribution in [0.3, 0.4) is 0 Å². The molecule has 104 valence electrons. The molecule has 0 aliphatic carbocycles. The summed E-state index contributed by atoms with van der Waals surface area (Å²) in [6.45, 7) is 6.76. The number of benzene rings is 1. The second-order valence-corrected chi connectivity index (χ2v) is 6.88. The molecular formula is C15H21ClN2S. The fourth-order valence-corrected chi connectivity index (χ4v) is 3.36. The maximum Gasteiger partial charge on any atom is 0.184 e. The van der Waals surface area contributed by atoms with Crippen molar-refractivity contribution in [1.82, 2.24) is 4.98 Å². The average Bonchev–Trinajstić information content (AvgIpc) is 2.72. The van der Waals surface area contributed by atoms with Gasteiger partial charge in [0.15, 0.2) is 5.13 Å². The van der Waals surface area contributed by atoms with Gasteiger partial charge in [0, 0.05) is 6.04 Å². The van der Waals surface area contributed by atoms with Gasteiger partial charge >= 0.3 is 0 Å². The van der Waals surface area contributed by atoms with Crippen molar-refractivity contribution in [3.8, 4) is 0 Å². The molecule has 2 rings (SSSR count). The van der Waals surface area contributed by atoms with E-state index in [-0.39, 0.29) is 0 Å². The summed E-state index contributed by atoms with van der Waals surface area (Å²) in [5, 5.41) is 5.24. The molecule has 1 aromatic carbocycles. The molecule has 0 aliphatic rings. The normalized spacial score (nSPS) is 13.1. The van der Waals surface area contributed by atoms with E-state index in [1.807, 2.05) is 18.2 Å². The van der Waals surface area contributed by atoms with Crippen molar-refractivity contribution >= 4 is 38.3 Å². The summed E-state index contributed by atoms with van der Waals surface area (Å²) in [4.78, 5) is 4.58. The first-order valence-electron chi connectivity index (χ1n) is 6.88. The van der Waals surface area contributed by atoms with Gasteiger partial charge in [0.05, 0.1) is 15.2 Å². The summed E-state index contributed by atoms with van der Waals surface area (Å²) in [5.41, 5.74) is 0.981.